The SMILES string of the molecule is CC(C)CCN=C1SCCN1C(C)C. The first-order valence-corrected chi connectivity index (χ1v) is 6.53. The van der Waals surface area contributed by atoms with E-state index < -0.39 is 0 Å². The first-order chi connectivity index (χ1) is 6.61. The van der Waals surface area contributed by atoms with Gasteiger partial charge in [-0.05, 0) is 26.2 Å². The van der Waals surface area contributed by atoms with Crippen molar-refractivity contribution >= 4 is 16.9 Å². The van der Waals surface area contributed by atoms with Crippen molar-refractivity contribution < 1.29 is 0 Å². The van der Waals surface area contributed by atoms with Crippen molar-refractivity contribution in [1.82, 2.24) is 4.90 Å². The molecule has 0 aromatic carbocycles. The number of hydrogen-bond acceptors (Lipinski definition) is 2. The van der Waals surface area contributed by atoms with E-state index in [4.69, 9.17) is 0 Å². The lowest BCUT2D eigenvalue weighted by molar-refractivity contribution is 0.382. The molecule has 0 atom stereocenters. The summed E-state index contributed by atoms with van der Waals surface area (Å²) in [6, 6.07) is 0.600. The fourth-order valence-corrected chi connectivity index (χ4v) is 2.57. The van der Waals surface area contributed by atoms with E-state index in [1.165, 1.54) is 23.9 Å². The van der Waals surface area contributed by atoms with Crippen molar-refractivity contribution in [3.63, 3.8) is 0 Å². The second-order valence-electron chi connectivity index (χ2n) is 4.48. The minimum Gasteiger partial charge on any atom is -0.348 e. The molecule has 1 rings (SSSR count). The smallest absolute Gasteiger partial charge is 0.159 e. The summed E-state index contributed by atoms with van der Waals surface area (Å²) < 4.78 is 0. The summed E-state index contributed by atoms with van der Waals surface area (Å²) in [7, 11) is 0. The molecule has 0 radical (unpaired) electrons. The van der Waals surface area contributed by atoms with Crippen LogP contribution in [0.25, 0.3) is 0 Å². The van der Waals surface area contributed by atoms with Gasteiger partial charge in [0.1, 0.15) is 0 Å². The summed E-state index contributed by atoms with van der Waals surface area (Å²) in [5.74, 6) is 1.97. The highest BCUT2D eigenvalue weighted by Crippen LogP contribution is 2.20. The Hall–Kier alpha value is -0.180. The van der Waals surface area contributed by atoms with Gasteiger partial charge in [0.2, 0.25) is 0 Å². The molecule has 0 amide bonds. The van der Waals surface area contributed by atoms with Gasteiger partial charge in [-0.25, -0.2) is 0 Å². The topological polar surface area (TPSA) is 15.6 Å². The summed E-state index contributed by atoms with van der Waals surface area (Å²) in [5, 5.41) is 1.26. The molecule has 0 N–H and O–H groups in total. The van der Waals surface area contributed by atoms with E-state index >= 15 is 0 Å². The number of aliphatic imine (C=N–C) groups is 1. The van der Waals surface area contributed by atoms with Crippen LogP contribution in [0.5, 0.6) is 0 Å². The maximum Gasteiger partial charge on any atom is 0.159 e. The first-order valence-electron chi connectivity index (χ1n) is 5.55. The minimum absolute atomic E-state index is 0.600. The number of thioether (sulfide) groups is 1. The van der Waals surface area contributed by atoms with Gasteiger partial charge in [0, 0.05) is 24.9 Å². The number of rotatable bonds is 4. The van der Waals surface area contributed by atoms with Gasteiger partial charge in [-0.3, -0.25) is 4.99 Å². The van der Waals surface area contributed by atoms with Gasteiger partial charge in [0.25, 0.3) is 0 Å². The van der Waals surface area contributed by atoms with Gasteiger partial charge in [0.05, 0.1) is 0 Å². The summed E-state index contributed by atoms with van der Waals surface area (Å²) in [6.45, 7) is 11.1. The Labute approximate surface area is 92.2 Å². The molecule has 3 heteroatoms. The normalized spacial score (nSPS) is 20.4. The summed E-state index contributed by atoms with van der Waals surface area (Å²) in [4.78, 5) is 7.08. The third-order valence-corrected chi connectivity index (χ3v) is 3.39. The van der Waals surface area contributed by atoms with Gasteiger partial charge in [-0.1, -0.05) is 25.6 Å². The van der Waals surface area contributed by atoms with Crippen molar-refractivity contribution in [2.24, 2.45) is 10.9 Å². The van der Waals surface area contributed by atoms with Crippen molar-refractivity contribution in [3.8, 4) is 0 Å². The largest absolute Gasteiger partial charge is 0.348 e. The second-order valence-corrected chi connectivity index (χ2v) is 5.54. The highest BCUT2D eigenvalue weighted by Gasteiger charge is 2.21. The highest BCUT2D eigenvalue weighted by atomic mass is 32.2. The molecule has 1 heterocycles. The standard InChI is InChI=1S/C11H22N2S/c1-9(2)5-6-12-11-13(10(3)4)7-8-14-11/h9-10H,5-8H2,1-4H3. The molecule has 1 fully saturated rings. The summed E-state index contributed by atoms with van der Waals surface area (Å²) >= 11 is 1.91. The van der Waals surface area contributed by atoms with Gasteiger partial charge in [-0.15, -0.1) is 0 Å². The van der Waals surface area contributed by atoms with Crippen molar-refractivity contribution in [3.05, 3.63) is 0 Å². The zero-order valence-electron chi connectivity index (χ0n) is 9.79. The minimum atomic E-state index is 0.600. The van der Waals surface area contributed by atoms with E-state index in [1.54, 1.807) is 0 Å². The van der Waals surface area contributed by atoms with Crippen LogP contribution in [0.4, 0.5) is 0 Å². The van der Waals surface area contributed by atoms with Gasteiger partial charge >= 0.3 is 0 Å². The lowest BCUT2D eigenvalue weighted by Crippen LogP contribution is -2.31. The monoisotopic (exact) mass is 214 g/mol. The summed E-state index contributed by atoms with van der Waals surface area (Å²) in [6.07, 6.45) is 1.20. The zero-order chi connectivity index (χ0) is 10.6. The number of hydrogen-bond donors (Lipinski definition) is 0. The van der Waals surface area contributed by atoms with E-state index in [-0.39, 0.29) is 0 Å². The van der Waals surface area contributed by atoms with Crippen LogP contribution in [0, 0.1) is 5.92 Å². The van der Waals surface area contributed by atoms with Gasteiger partial charge < -0.3 is 4.90 Å². The van der Waals surface area contributed by atoms with Crippen molar-refractivity contribution in [2.45, 2.75) is 40.2 Å². The van der Waals surface area contributed by atoms with Crippen LogP contribution < -0.4 is 0 Å². The predicted octanol–water partition coefficient (Wildman–Crippen LogP) is 2.85. The van der Waals surface area contributed by atoms with Gasteiger partial charge in [0.15, 0.2) is 5.17 Å². The van der Waals surface area contributed by atoms with E-state index in [1.807, 2.05) is 11.8 Å². The highest BCUT2D eigenvalue weighted by molar-refractivity contribution is 8.14. The predicted molar refractivity (Wildman–Crippen MR) is 66.1 cm³/mol. The van der Waals surface area contributed by atoms with Crippen LogP contribution in [0.15, 0.2) is 4.99 Å². The van der Waals surface area contributed by atoms with Crippen LogP contribution in [-0.4, -0.2) is 35.0 Å². The molecule has 1 aliphatic rings. The Morgan fingerprint density at radius 1 is 1.36 bits per heavy atom. The van der Waals surface area contributed by atoms with E-state index in [2.05, 4.69) is 37.6 Å². The van der Waals surface area contributed by atoms with Crippen LogP contribution in [0.2, 0.25) is 0 Å². The van der Waals surface area contributed by atoms with Crippen LogP contribution in [-0.2, 0) is 0 Å². The molecule has 0 aliphatic carbocycles. The zero-order valence-corrected chi connectivity index (χ0v) is 10.6. The van der Waals surface area contributed by atoms with Crippen molar-refractivity contribution in [1.29, 1.82) is 0 Å². The fourth-order valence-electron chi connectivity index (χ4n) is 1.45. The molecule has 0 aromatic rings. The maximum absolute atomic E-state index is 4.67. The Morgan fingerprint density at radius 2 is 2.07 bits per heavy atom. The number of amidine groups is 1. The van der Waals surface area contributed by atoms with E-state index in [0.29, 0.717) is 6.04 Å². The molecule has 0 bridgehead atoms. The molecule has 0 spiro atoms. The molecule has 2 nitrogen and oxygen atoms in total. The number of nitrogens with zero attached hydrogens (tertiary/aromatic N) is 2. The Morgan fingerprint density at radius 3 is 2.64 bits per heavy atom. The van der Waals surface area contributed by atoms with Gasteiger partial charge in [-0.2, -0.15) is 0 Å². The first kappa shape index (κ1) is 11.9. The molecule has 0 saturated carbocycles. The average molecular weight is 214 g/mol. The van der Waals surface area contributed by atoms with Crippen LogP contribution >= 0.6 is 11.8 Å². The Kier molecular flexibility index (Phi) is 4.79. The third-order valence-electron chi connectivity index (χ3n) is 2.39. The Bertz CT molecular complexity index is 199. The molecular weight excluding hydrogens is 192 g/mol. The second kappa shape index (κ2) is 5.64. The fraction of sp³-hybridized carbons (Fsp3) is 0.909. The van der Waals surface area contributed by atoms with Crippen LogP contribution in [0.1, 0.15) is 34.1 Å². The van der Waals surface area contributed by atoms with E-state index in [9.17, 15) is 0 Å². The maximum atomic E-state index is 4.67. The van der Waals surface area contributed by atoms with E-state index in [0.717, 1.165) is 12.5 Å². The van der Waals surface area contributed by atoms with Crippen molar-refractivity contribution in [2.75, 3.05) is 18.8 Å². The lowest BCUT2D eigenvalue weighted by atomic mass is 10.1. The quantitative estimate of drug-likeness (QED) is 0.715. The molecule has 82 valence electrons. The van der Waals surface area contributed by atoms with Crippen LogP contribution in [0.3, 0.4) is 0 Å². The Balaban J connectivity index is 2.41. The lowest BCUT2D eigenvalue weighted by Gasteiger charge is -2.22. The molecule has 0 unspecified atom stereocenters. The molecule has 1 aliphatic heterocycles. The third kappa shape index (κ3) is 3.52. The molecule has 0 aromatic heterocycles. The molecule has 14 heavy (non-hydrogen) atoms. The summed E-state index contributed by atoms with van der Waals surface area (Å²) in [5.41, 5.74) is 0. The molecular formula is C11H22N2S. The average Bonchev–Trinajstić information content (AvgIpc) is 2.51. The molecule has 1 saturated heterocycles.